The number of nitrogens with one attached hydrogen (secondary N) is 2. The van der Waals surface area contributed by atoms with Crippen molar-refractivity contribution in [2.75, 3.05) is 12.4 Å². The fourth-order valence-electron chi connectivity index (χ4n) is 2.57. The minimum atomic E-state index is -0.0937. The predicted molar refractivity (Wildman–Crippen MR) is 106 cm³/mol. The molecule has 4 nitrogen and oxygen atoms in total. The molecule has 0 aromatic heterocycles. The van der Waals surface area contributed by atoms with Gasteiger partial charge in [0, 0.05) is 24.8 Å². The van der Waals surface area contributed by atoms with Gasteiger partial charge in [-0.05, 0) is 47.2 Å². The van der Waals surface area contributed by atoms with Crippen molar-refractivity contribution in [2.45, 2.75) is 39.7 Å². The highest BCUT2D eigenvalue weighted by atomic mass is 16.1. The Labute approximate surface area is 150 Å². The van der Waals surface area contributed by atoms with Crippen LogP contribution in [0.1, 0.15) is 47.8 Å². The molecule has 0 aliphatic carbocycles. The quantitative estimate of drug-likeness (QED) is 0.631. The number of aliphatic imine (C=N–C) groups is 1. The third-order valence-corrected chi connectivity index (χ3v) is 4.22. The van der Waals surface area contributed by atoms with Gasteiger partial charge in [-0.1, -0.05) is 45.0 Å². The lowest BCUT2D eigenvalue weighted by atomic mass is 9.86. The summed E-state index contributed by atoms with van der Waals surface area (Å²) in [5.41, 5.74) is 4.96. The summed E-state index contributed by atoms with van der Waals surface area (Å²) in [5.74, 6) is -0.0937. The van der Waals surface area contributed by atoms with Crippen LogP contribution in [0.3, 0.4) is 0 Å². The van der Waals surface area contributed by atoms with E-state index >= 15 is 0 Å². The highest BCUT2D eigenvalue weighted by Crippen LogP contribution is 2.23. The summed E-state index contributed by atoms with van der Waals surface area (Å²) >= 11 is 0. The molecule has 2 N–H and O–H groups in total. The maximum absolute atomic E-state index is 12.6. The van der Waals surface area contributed by atoms with Crippen LogP contribution in [0.25, 0.3) is 0 Å². The number of hydrogen-bond donors (Lipinski definition) is 2. The summed E-state index contributed by atoms with van der Waals surface area (Å²) < 4.78 is 0. The van der Waals surface area contributed by atoms with Crippen LogP contribution in [0.2, 0.25) is 0 Å². The lowest BCUT2D eigenvalue weighted by Crippen LogP contribution is -2.16. The van der Waals surface area contributed by atoms with Gasteiger partial charge >= 0.3 is 0 Å². The van der Waals surface area contributed by atoms with Crippen LogP contribution in [0.5, 0.6) is 0 Å². The molecule has 0 spiro atoms. The molecule has 0 heterocycles. The summed E-state index contributed by atoms with van der Waals surface area (Å²) in [6.45, 7) is 9.17. The first-order chi connectivity index (χ1) is 11.8. The van der Waals surface area contributed by atoms with E-state index in [1.165, 1.54) is 5.56 Å². The van der Waals surface area contributed by atoms with Crippen molar-refractivity contribution in [3.8, 4) is 0 Å². The van der Waals surface area contributed by atoms with Gasteiger partial charge in [-0.3, -0.25) is 9.79 Å². The second-order valence-corrected chi connectivity index (χ2v) is 7.14. The third-order valence-electron chi connectivity index (χ3n) is 4.22. The third kappa shape index (κ3) is 4.92. The molecule has 0 atom stereocenters. The van der Waals surface area contributed by atoms with Crippen LogP contribution >= 0.6 is 0 Å². The molecule has 0 aliphatic heterocycles. The Morgan fingerprint density at radius 3 is 2.40 bits per heavy atom. The standard InChI is InChI=1S/C21H27N3O/c1-15-17(13-23-14-22-5)7-6-8-19(15)24-20(25)16-9-11-18(12-10-16)21(2,3)4/h6-12,14H,13H2,1-5H3,(H,22,23)(H,24,25). The number of anilines is 1. The smallest absolute Gasteiger partial charge is 0.255 e. The minimum absolute atomic E-state index is 0.0781. The molecular weight excluding hydrogens is 310 g/mol. The van der Waals surface area contributed by atoms with Crippen molar-refractivity contribution in [2.24, 2.45) is 4.99 Å². The molecule has 0 radical (unpaired) electrons. The molecule has 0 aliphatic rings. The van der Waals surface area contributed by atoms with E-state index in [-0.39, 0.29) is 11.3 Å². The molecule has 2 rings (SSSR count). The average molecular weight is 337 g/mol. The first-order valence-electron chi connectivity index (χ1n) is 8.47. The van der Waals surface area contributed by atoms with Gasteiger partial charge in [-0.25, -0.2) is 0 Å². The van der Waals surface area contributed by atoms with Gasteiger partial charge in [-0.15, -0.1) is 0 Å². The van der Waals surface area contributed by atoms with Crippen molar-refractivity contribution < 1.29 is 4.79 Å². The maximum Gasteiger partial charge on any atom is 0.255 e. The summed E-state index contributed by atoms with van der Waals surface area (Å²) in [7, 11) is 1.72. The molecule has 2 aromatic carbocycles. The van der Waals surface area contributed by atoms with Crippen LogP contribution in [0, 0.1) is 6.92 Å². The summed E-state index contributed by atoms with van der Waals surface area (Å²) in [6.07, 6.45) is 1.67. The van der Waals surface area contributed by atoms with E-state index < -0.39 is 0 Å². The predicted octanol–water partition coefficient (Wildman–Crippen LogP) is 4.29. The van der Waals surface area contributed by atoms with E-state index in [1.54, 1.807) is 13.4 Å². The molecule has 0 fully saturated rings. The van der Waals surface area contributed by atoms with E-state index in [2.05, 4.69) is 36.4 Å². The van der Waals surface area contributed by atoms with Gasteiger partial charge in [0.05, 0.1) is 6.34 Å². The van der Waals surface area contributed by atoms with E-state index in [0.717, 1.165) is 16.8 Å². The van der Waals surface area contributed by atoms with E-state index in [9.17, 15) is 4.79 Å². The van der Waals surface area contributed by atoms with Crippen molar-refractivity contribution in [1.29, 1.82) is 0 Å². The Balaban J connectivity index is 2.13. The van der Waals surface area contributed by atoms with Gasteiger partial charge in [0.1, 0.15) is 0 Å². The molecule has 25 heavy (non-hydrogen) atoms. The molecule has 0 saturated carbocycles. The van der Waals surface area contributed by atoms with Crippen molar-refractivity contribution in [3.05, 3.63) is 64.7 Å². The zero-order chi connectivity index (χ0) is 18.4. The second kappa shape index (κ2) is 7.97. The van der Waals surface area contributed by atoms with Crippen LogP contribution < -0.4 is 10.6 Å². The molecule has 1 amide bonds. The van der Waals surface area contributed by atoms with Gasteiger partial charge in [0.25, 0.3) is 5.91 Å². The minimum Gasteiger partial charge on any atom is -0.372 e. The molecule has 2 aromatic rings. The largest absolute Gasteiger partial charge is 0.372 e. The topological polar surface area (TPSA) is 53.5 Å². The number of carbonyl (C=O) groups is 1. The molecule has 4 heteroatoms. The summed E-state index contributed by atoms with van der Waals surface area (Å²) in [4.78, 5) is 16.5. The Morgan fingerprint density at radius 2 is 1.80 bits per heavy atom. The molecule has 0 unspecified atom stereocenters. The van der Waals surface area contributed by atoms with Crippen LogP contribution in [0.15, 0.2) is 47.5 Å². The van der Waals surface area contributed by atoms with E-state index in [1.807, 2.05) is 49.4 Å². The second-order valence-electron chi connectivity index (χ2n) is 7.14. The van der Waals surface area contributed by atoms with E-state index in [0.29, 0.717) is 12.1 Å². The zero-order valence-corrected chi connectivity index (χ0v) is 15.7. The lowest BCUT2D eigenvalue weighted by Gasteiger charge is -2.19. The first kappa shape index (κ1) is 18.7. The number of hydrogen-bond acceptors (Lipinski definition) is 2. The number of amides is 1. The fraction of sp³-hybridized carbons (Fsp3) is 0.333. The Kier molecular flexibility index (Phi) is 5.97. The van der Waals surface area contributed by atoms with Gasteiger partial charge in [0.15, 0.2) is 0 Å². The van der Waals surface area contributed by atoms with Crippen LogP contribution in [0.4, 0.5) is 5.69 Å². The van der Waals surface area contributed by atoms with Gasteiger partial charge < -0.3 is 10.6 Å². The number of benzene rings is 2. The summed E-state index contributed by atoms with van der Waals surface area (Å²) in [5, 5.41) is 6.14. The monoisotopic (exact) mass is 337 g/mol. The molecule has 0 bridgehead atoms. The normalized spacial score (nSPS) is 11.6. The molecular formula is C21H27N3O. The highest BCUT2D eigenvalue weighted by molar-refractivity contribution is 6.04. The summed E-state index contributed by atoms with van der Waals surface area (Å²) in [6, 6.07) is 13.7. The number of rotatable bonds is 5. The SMILES string of the molecule is CN=CNCc1cccc(NC(=O)c2ccc(C(C)(C)C)cc2)c1C. The number of carbonyl (C=O) groups excluding carboxylic acids is 1. The highest BCUT2D eigenvalue weighted by Gasteiger charge is 2.15. The fourth-order valence-corrected chi connectivity index (χ4v) is 2.57. The Hall–Kier alpha value is -2.62. The van der Waals surface area contributed by atoms with Crippen LogP contribution in [-0.2, 0) is 12.0 Å². The molecule has 132 valence electrons. The Morgan fingerprint density at radius 1 is 1.12 bits per heavy atom. The first-order valence-corrected chi connectivity index (χ1v) is 8.47. The van der Waals surface area contributed by atoms with Crippen molar-refractivity contribution in [1.82, 2.24) is 5.32 Å². The van der Waals surface area contributed by atoms with Gasteiger partial charge in [-0.2, -0.15) is 0 Å². The lowest BCUT2D eigenvalue weighted by molar-refractivity contribution is 0.102. The van der Waals surface area contributed by atoms with Crippen molar-refractivity contribution in [3.63, 3.8) is 0 Å². The number of nitrogens with zero attached hydrogens (tertiary/aromatic N) is 1. The zero-order valence-electron chi connectivity index (χ0n) is 15.7. The van der Waals surface area contributed by atoms with Crippen molar-refractivity contribution >= 4 is 17.9 Å². The Bertz CT molecular complexity index is 756. The van der Waals surface area contributed by atoms with E-state index in [4.69, 9.17) is 0 Å². The molecule has 0 saturated heterocycles. The average Bonchev–Trinajstić information content (AvgIpc) is 2.57. The van der Waals surface area contributed by atoms with Gasteiger partial charge in [0.2, 0.25) is 0 Å². The van der Waals surface area contributed by atoms with Crippen LogP contribution in [-0.4, -0.2) is 19.3 Å². The maximum atomic E-state index is 12.6.